The van der Waals surface area contributed by atoms with Gasteiger partial charge in [0.05, 0.1) is 16.6 Å². The van der Waals surface area contributed by atoms with E-state index < -0.39 is 0 Å². The maximum absolute atomic E-state index is 9.97. The van der Waals surface area contributed by atoms with Crippen LogP contribution >= 0.6 is 0 Å². The number of para-hydroxylation sites is 2. The number of imidazole rings is 1. The first-order valence-corrected chi connectivity index (χ1v) is 11.6. The zero-order valence-corrected chi connectivity index (χ0v) is 19.4. The number of benzene rings is 2. The van der Waals surface area contributed by atoms with Crippen LogP contribution in [0.4, 0.5) is 17.2 Å². The van der Waals surface area contributed by atoms with Gasteiger partial charge in [-0.2, -0.15) is 5.26 Å². The lowest BCUT2D eigenvalue weighted by molar-refractivity contribution is 0.788. The van der Waals surface area contributed by atoms with Crippen molar-refractivity contribution in [2.75, 3.05) is 23.3 Å². The van der Waals surface area contributed by atoms with Crippen molar-refractivity contribution >= 4 is 33.9 Å². The molecule has 0 amide bonds. The third-order valence-electron chi connectivity index (χ3n) is 6.27. The van der Waals surface area contributed by atoms with Crippen molar-refractivity contribution in [3.05, 3.63) is 65.2 Å². The predicted octanol–water partition coefficient (Wildman–Crippen LogP) is 6.60. The lowest BCUT2D eigenvalue weighted by atomic mass is 9.99. The molecule has 32 heavy (non-hydrogen) atoms. The second-order valence-electron chi connectivity index (χ2n) is 8.15. The molecule has 4 aromatic rings. The highest BCUT2D eigenvalue weighted by Crippen LogP contribution is 2.34. The minimum Gasteiger partial charge on any atom is -0.372 e. The van der Waals surface area contributed by atoms with Gasteiger partial charge in [0.25, 0.3) is 0 Å². The van der Waals surface area contributed by atoms with Gasteiger partial charge in [-0.1, -0.05) is 25.5 Å². The summed E-state index contributed by atoms with van der Waals surface area (Å²) in [6.45, 7) is 10.6. The van der Waals surface area contributed by atoms with Crippen LogP contribution in [0.3, 0.4) is 0 Å². The molecule has 0 aliphatic heterocycles. The maximum atomic E-state index is 9.97. The molecule has 5 heteroatoms. The van der Waals surface area contributed by atoms with E-state index in [0.29, 0.717) is 11.2 Å². The standard InChI is InChI=1S/C27H31N5/c1-5-8-11-22-19(4)23(18-28)27-30-24-12-9-10-13-25(24)32(27)26(22)29-20-14-16-21(17-15-20)31(6-2)7-3/h9-10,12-17,29H,5-8,11H2,1-4H3. The Hall–Kier alpha value is -3.52. The minimum atomic E-state index is 0.662. The Morgan fingerprint density at radius 3 is 2.41 bits per heavy atom. The van der Waals surface area contributed by atoms with Crippen molar-refractivity contribution in [1.29, 1.82) is 5.26 Å². The molecule has 2 aromatic heterocycles. The van der Waals surface area contributed by atoms with Crippen LogP contribution in [0.5, 0.6) is 0 Å². The molecule has 0 unspecified atom stereocenters. The fourth-order valence-corrected chi connectivity index (χ4v) is 4.46. The van der Waals surface area contributed by atoms with Crippen LogP contribution < -0.4 is 10.2 Å². The summed E-state index contributed by atoms with van der Waals surface area (Å²) in [6, 6.07) is 19.1. The molecule has 2 heterocycles. The topological polar surface area (TPSA) is 56.4 Å². The van der Waals surface area contributed by atoms with E-state index in [2.05, 4.69) is 78.7 Å². The summed E-state index contributed by atoms with van der Waals surface area (Å²) in [6.07, 6.45) is 3.08. The van der Waals surface area contributed by atoms with E-state index in [1.165, 1.54) is 11.3 Å². The smallest absolute Gasteiger partial charge is 0.157 e. The molecular formula is C27H31N5. The van der Waals surface area contributed by atoms with Gasteiger partial charge in [0.15, 0.2) is 5.65 Å². The Kier molecular flexibility index (Phi) is 6.32. The Bertz CT molecular complexity index is 1270. The number of pyridine rings is 1. The Labute approximate surface area is 190 Å². The van der Waals surface area contributed by atoms with Crippen LogP contribution in [0.15, 0.2) is 48.5 Å². The highest BCUT2D eigenvalue weighted by Gasteiger charge is 2.20. The fourth-order valence-electron chi connectivity index (χ4n) is 4.46. The minimum absolute atomic E-state index is 0.662. The molecule has 0 spiro atoms. The van der Waals surface area contributed by atoms with Gasteiger partial charge in [0, 0.05) is 24.5 Å². The van der Waals surface area contributed by atoms with Crippen molar-refractivity contribution in [3.8, 4) is 6.07 Å². The predicted molar refractivity (Wildman–Crippen MR) is 134 cm³/mol. The van der Waals surface area contributed by atoms with Gasteiger partial charge >= 0.3 is 0 Å². The average Bonchev–Trinajstić information content (AvgIpc) is 3.20. The molecule has 0 bridgehead atoms. The third kappa shape index (κ3) is 3.78. The monoisotopic (exact) mass is 425 g/mol. The van der Waals surface area contributed by atoms with Gasteiger partial charge in [0.1, 0.15) is 11.9 Å². The lowest BCUT2D eigenvalue weighted by Crippen LogP contribution is -2.21. The summed E-state index contributed by atoms with van der Waals surface area (Å²) in [4.78, 5) is 7.16. The van der Waals surface area contributed by atoms with Crippen LogP contribution in [-0.4, -0.2) is 22.5 Å². The summed E-state index contributed by atoms with van der Waals surface area (Å²) < 4.78 is 2.13. The zero-order valence-electron chi connectivity index (χ0n) is 19.4. The number of aromatic nitrogens is 2. The highest BCUT2D eigenvalue weighted by atomic mass is 15.1. The van der Waals surface area contributed by atoms with E-state index in [1.807, 2.05) is 18.2 Å². The molecule has 4 rings (SSSR count). The molecule has 0 radical (unpaired) electrons. The van der Waals surface area contributed by atoms with Crippen molar-refractivity contribution in [2.45, 2.75) is 47.0 Å². The van der Waals surface area contributed by atoms with Gasteiger partial charge in [-0.05, 0) is 81.1 Å². The number of anilines is 3. The van der Waals surface area contributed by atoms with E-state index in [-0.39, 0.29) is 0 Å². The van der Waals surface area contributed by atoms with Gasteiger partial charge in [0.2, 0.25) is 0 Å². The SMILES string of the molecule is CCCCc1c(C)c(C#N)c2nc3ccccc3n2c1Nc1ccc(N(CC)CC)cc1. The van der Waals surface area contributed by atoms with Crippen LogP contribution in [0.1, 0.15) is 50.3 Å². The summed E-state index contributed by atoms with van der Waals surface area (Å²) in [7, 11) is 0. The highest BCUT2D eigenvalue weighted by molar-refractivity contribution is 5.87. The zero-order chi connectivity index (χ0) is 22.7. The normalized spacial score (nSPS) is 11.1. The molecule has 164 valence electrons. The molecule has 2 aromatic carbocycles. The number of nitriles is 1. The lowest BCUT2D eigenvalue weighted by Gasteiger charge is -2.22. The Balaban J connectivity index is 1.91. The molecular weight excluding hydrogens is 394 g/mol. The van der Waals surface area contributed by atoms with Gasteiger partial charge in [-0.25, -0.2) is 4.98 Å². The van der Waals surface area contributed by atoms with E-state index in [4.69, 9.17) is 4.98 Å². The first-order chi connectivity index (χ1) is 15.6. The van der Waals surface area contributed by atoms with Crippen molar-refractivity contribution in [2.24, 2.45) is 0 Å². The second-order valence-corrected chi connectivity index (χ2v) is 8.15. The average molecular weight is 426 g/mol. The first-order valence-electron chi connectivity index (χ1n) is 11.6. The third-order valence-corrected chi connectivity index (χ3v) is 6.27. The van der Waals surface area contributed by atoms with Crippen molar-refractivity contribution < 1.29 is 0 Å². The van der Waals surface area contributed by atoms with E-state index in [0.717, 1.165) is 60.5 Å². The summed E-state index contributed by atoms with van der Waals surface area (Å²) in [5.74, 6) is 1.01. The number of unbranched alkanes of at least 4 members (excludes halogenated alkanes) is 1. The fraction of sp³-hybridized carbons (Fsp3) is 0.333. The molecule has 0 saturated carbocycles. The van der Waals surface area contributed by atoms with Gasteiger partial charge in [-0.15, -0.1) is 0 Å². The van der Waals surface area contributed by atoms with Gasteiger partial charge in [-0.3, -0.25) is 4.40 Å². The van der Waals surface area contributed by atoms with Crippen LogP contribution in [0.2, 0.25) is 0 Å². The van der Waals surface area contributed by atoms with E-state index in [9.17, 15) is 5.26 Å². The number of nitrogens with one attached hydrogen (secondary N) is 1. The molecule has 0 aliphatic rings. The van der Waals surface area contributed by atoms with Crippen LogP contribution in [0.25, 0.3) is 16.7 Å². The maximum Gasteiger partial charge on any atom is 0.157 e. The molecule has 1 N–H and O–H groups in total. The van der Waals surface area contributed by atoms with Crippen molar-refractivity contribution in [1.82, 2.24) is 9.38 Å². The summed E-state index contributed by atoms with van der Waals surface area (Å²) >= 11 is 0. The molecule has 0 fully saturated rings. The molecule has 0 atom stereocenters. The Morgan fingerprint density at radius 2 is 1.75 bits per heavy atom. The largest absolute Gasteiger partial charge is 0.372 e. The number of hydrogen-bond donors (Lipinski definition) is 1. The summed E-state index contributed by atoms with van der Waals surface area (Å²) in [5, 5.41) is 13.7. The molecule has 5 nitrogen and oxygen atoms in total. The quantitative estimate of drug-likeness (QED) is 0.345. The number of hydrogen-bond acceptors (Lipinski definition) is 4. The van der Waals surface area contributed by atoms with Gasteiger partial charge < -0.3 is 10.2 Å². The van der Waals surface area contributed by atoms with Crippen LogP contribution in [0, 0.1) is 18.3 Å². The number of nitrogens with zero attached hydrogens (tertiary/aromatic N) is 4. The first kappa shape index (κ1) is 21.7. The molecule has 0 aliphatic carbocycles. The van der Waals surface area contributed by atoms with E-state index in [1.54, 1.807) is 0 Å². The van der Waals surface area contributed by atoms with Crippen LogP contribution in [-0.2, 0) is 6.42 Å². The second kappa shape index (κ2) is 9.32. The van der Waals surface area contributed by atoms with Crippen molar-refractivity contribution in [3.63, 3.8) is 0 Å². The number of rotatable bonds is 8. The summed E-state index contributed by atoms with van der Waals surface area (Å²) in [5.41, 5.74) is 7.75. The number of fused-ring (bicyclic) bond motifs is 3. The molecule has 0 saturated heterocycles. The Morgan fingerprint density at radius 1 is 1.03 bits per heavy atom. The van der Waals surface area contributed by atoms with E-state index >= 15 is 0 Å².